The van der Waals surface area contributed by atoms with Gasteiger partial charge in [0.2, 0.25) is 5.91 Å². The molecule has 0 spiro atoms. The zero-order valence-electron chi connectivity index (χ0n) is 18.7. The van der Waals surface area contributed by atoms with E-state index in [1.807, 2.05) is 48.5 Å². The van der Waals surface area contributed by atoms with E-state index >= 15 is 0 Å². The highest BCUT2D eigenvalue weighted by molar-refractivity contribution is 5.85. The number of nitrogens with zero attached hydrogens (tertiary/aromatic N) is 2. The van der Waals surface area contributed by atoms with Crippen LogP contribution in [0, 0.1) is 0 Å². The first kappa shape index (κ1) is 22.1. The van der Waals surface area contributed by atoms with Crippen LogP contribution in [-0.4, -0.2) is 61.6 Å². The second kappa shape index (κ2) is 10.0. The van der Waals surface area contributed by atoms with Crippen molar-refractivity contribution >= 4 is 11.9 Å². The molecule has 2 aromatic rings. The van der Waals surface area contributed by atoms with Gasteiger partial charge in [-0.15, -0.1) is 0 Å². The molecule has 7 nitrogen and oxygen atoms in total. The minimum atomic E-state index is -0.498. The third-order valence-electron chi connectivity index (χ3n) is 6.20. The van der Waals surface area contributed by atoms with E-state index in [9.17, 15) is 9.59 Å². The first-order chi connectivity index (χ1) is 15.6. The van der Waals surface area contributed by atoms with Crippen molar-refractivity contribution in [2.75, 3.05) is 33.9 Å². The molecule has 1 saturated heterocycles. The fraction of sp³-hybridized carbons (Fsp3) is 0.440. The van der Waals surface area contributed by atoms with Gasteiger partial charge in [-0.05, 0) is 31.4 Å². The lowest BCUT2D eigenvalue weighted by Gasteiger charge is -2.35. The van der Waals surface area contributed by atoms with E-state index in [1.54, 1.807) is 12.0 Å². The van der Waals surface area contributed by atoms with E-state index in [4.69, 9.17) is 14.2 Å². The van der Waals surface area contributed by atoms with E-state index in [-0.39, 0.29) is 24.5 Å². The molecule has 7 heteroatoms. The highest BCUT2D eigenvalue weighted by atomic mass is 16.5. The van der Waals surface area contributed by atoms with Gasteiger partial charge in [0.25, 0.3) is 0 Å². The lowest BCUT2D eigenvalue weighted by molar-refractivity contribution is -0.155. The minimum Gasteiger partial charge on any atom is -0.496 e. The zero-order valence-corrected chi connectivity index (χ0v) is 18.7. The van der Waals surface area contributed by atoms with Crippen molar-refractivity contribution in [2.45, 2.75) is 38.0 Å². The van der Waals surface area contributed by atoms with Crippen molar-refractivity contribution in [3.05, 3.63) is 59.7 Å². The Morgan fingerprint density at radius 1 is 1.06 bits per heavy atom. The summed E-state index contributed by atoms with van der Waals surface area (Å²) in [5.41, 5.74) is 1.97. The molecule has 0 aromatic heterocycles. The number of para-hydroxylation sites is 2. The standard InChI is InChI=1S/C25H30N2O5/c1-30-22-13-6-4-10-19(22)23-16-26(15-18-9-3-5-12-21(18)32-23)17-24(28)27-14-8-7-11-20(27)25(29)31-2/h3-6,9-10,12-13,20,23H,7-8,11,14-17H2,1-2H3/t20-,23+/m0/s1. The summed E-state index contributed by atoms with van der Waals surface area (Å²) in [6.07, 6.45) is 2.17. The Bertz CT molecular complexity index is 963. The molecule has 2 heterocycles. The number of benzene rings is 2. The molecule has 0 N–H and O–H groups in total. The number of esters is 1. The topological polar surface area (TPSA) is 68.3 Å². The van der Waals surface area contributed by atoms with Crippen molar-refractivity contribution < 1.29 is 23.8 Å². The van der Waals surface area contributed by atoms with Crippen LogP contribution in [0.5, 0.6) is 11.5 Å². The van der Waals surface area contributed by atoms with Gasteiger partial charge in [-0.3, -0.25) is 9.69 Å². The number of rotatable bonds is 5. The lowest BCUT2D eigenvalue weighted by Crippen LogP contribution is -2.51. The molecule has 4 rings (SSSR count). The summed E-state index contributed by atoms with van der Waals surface area (Å²) >= 11 is 0. The van der Waals surface area contributed by atoms with Crippen LogP contribution in [0.1, 0.15) is 36.5 Å². The first-order valence-electron chi connectivity index (χ1n) is 11.1. The third-order valence-corrected chi connectivity index (χ3v) is 6.20. The van der Waals surface area contributed by atoms with Crippen LogP contribution in [-0.2, 0) is 20.9 Å². The van der Waals surface area contributed by atoms with Crippen LogP contribution in [0.25, 0.3) is 0 Å². The van der Waals surface area contributed by atoms with Crippen LogP contribution >= 0.6 is 0 Å². The summed E-state index contributed by atoms with van der Waals surface area (Å²) in [4.78, 5) is 29.3. The molecule has 0 bridgehead atoms. The summed E-state index contributed by atoms with van der Waals surface area (Å²) in [5, 5.41) is 0. The van der Waals surface area contributed by atoms with Crippen LogP contribution in [0.15, 0.2) is 48.5 Å². The number of hydrogen-bond donors (Lipinski definition) is 0. The second-order valence-corrected chi connectivity index (χ2v) is 8.25. The van der Waals surface area contributed by atoms with Gasteiger partial charge < -0.3 is 19.1 Å². The van der Waals surface area contributed by atoms with E-state index in [0.29, 0.717) is 26.1 Å². The zero-order chi connectivity index (χ0) is 22.5. The molecule has 0 unspecified atom stereocenters. The fourth-order valence-corrected chi connectivity index (χ4v) is 4.59. The minimum absolute atomic E-state index is 0.0572. The average molecular weight is 439 g/mol. The number of amides is 1. The van der Waals surface area contributed by atoms with E-state index in [2.05, 4.69) is 4.90 Å². The molecule has 2 aromatic carbocycles. The van der Waals surface area contributed by atoms with Gasteiger partial charge in [0, 0.05) is 30.8 Å². The highest BCUT2D eigenvalue weighted by Gasteiger charge is 2.34. The normalized spacial score (nSPS) is 21.1. The third kappa shape index (κ3) is 4.72. The van der Waals surface area contributed by atoms with Crippen molar-refractivity contribution in [2.24, 2.45) is 0 Å². The summed E-state index contributed by atoms with van der Waals surface area (Å²) in [6, 6.07) is 15.2. The number of piperidine rings is 1. The first-order valence-corrected chi connectivity index (χ1v) is 11.1. The maximum atomic E-state index is 13.3. The molecular formula is C25H30N2O5. The Kier molecular flexibility index (Phi) is 6.95. The monoisotopic (exact) mass is 438 g/mol. The summed E-state index contributed by atoms with van der Waals surface area (Å²) in [7, 11) is 3.02. The molecule has 0 aliphatic carbocycles. The van der Waals surface area contributed by atoms with Gasteiger partial charge in [0.05, 0.1) is 20.8 Å². The summed E-state index contributed by atoms with van der Waals surface area (Å²) in [5.74, 6) is 1.17. The van der Waals surface area contributed by atoms with Crippen molar-refractivity contribution in [3.8, 4) is 11.5 Å². The smallest absolute Gasteiger partial charge is 0.328 e. The molecule has 32 heavy (non-hydrogen) atoms. The molecule has 2 aliphatic rings. The number of methoxy groups -OCH3 is 2. The van der Waals surface area contributed by atoms with E-state index in [0.717, 1.165) is 35.5 Å². The number of carbonyl (C=O) groups is 2. The molecule has 170 valence electrons. The predicted molar refractivity (Wildman–Crippen MR) is 119 cm³/mol. The van der Waals surface area contributed by atoms with Crippen LogP contribution < -0.4 is 9.47 Å². The molecule has 0 radical (unpaired) electrons. The Balaban J connectivity index is 1.58. The quantitative estimate of drug-likeness (QED) is 0.668. The van der Waals surface area contributed by atoms with Crippen molar-refractivity contribution in [1.29, 1.82) is 0 Å². The summed E-state index contributed by atoms with van der Waals surface area (Å²) < 4.78 is 16.9. The highest BCUT2D eigenvalue weighted by Crippen LogP contribution is 2.34. The molecular weight excluding hydrogens is 408 g/mol. The number of fused-ring (bicyclic) bond motifs is 1. The van der Waals surface area contributed by atoms with Crippen LogP contribution in [0.2, 0.25) is 0 Å². The van der Waals surface area contributed by atoms with Crippen molar-refractivity contribution in [3.63, 3.8) is 0 Å². The Morgan fingerprint density at radius 3 is 2.66 bits per heavy atom. The largest absolute Gasteiger partial charge is 0.496 e. The molecule has 1 fully saturated rings. The molecule has 2 aliphatic heterocycles. The van der Waals surface area contributed by atoms with E-state index in [1.165, 1.54) is 7.11 Å². The van der Waals surface area contributed by atoms with Gasteiger partial charge in [0.1, 0.15) is 23.6 Å². The number of likely N-dealkylation sites (tertiary alicyclic amines) is 1. The molecule has 1 amide bonds. The molecule has 2 atom stereocenters. The summed E-state index contributed by atoms with van der Waals surface area (Å²) in [6.45, 7) is 1.90. The second-order valence-electron chi connectivity index (χ2n) is 8.25. The average Bonchev–Trinajstić information content (AvgIpc) is 3.02. The fourth-order valence-electron chi connectivity index (χ4n) is 4.59. The SMILES string of the molecule is COC(=O)[C@@H]1CCCCN1C(=O)CN1Cc2ccccc2O[C@@H](c2ccccc2OC)C1. The number of ether oxygens (including phenoxy) is 3. The molecule has 0 saturated carbocycles. The van der Waals surface area contributed by atoms with Gasteiger partial charge in [0.15, 0.2) is 0 Å². The van der Waals surface area contributed by atoms with Crippen LogP contribution in [0.4, 0.5) is 0 Å². The van der Waals surface area contributed by atoms with Crippen molar-refractivity contribution in [1.82, 2.24) is 9.80 Å². The Morgan fingerprint density at radius 2 is 1.84 bits per heavy atom. The maximum Gasteiger partial charge on any atom is 0.328 e. The Labute approximate surface area is 188 Å². The maximum absolute atomic E-state index is 13.3. The lowest BCUT2D eigenvalue weighted by atomic mass is 10.0. The van der Waals surface area contributed by atoms with Gasteiger partial charge >= 0.3 is 5.97 Å². The number of hydrogen-bond acceptors (Lipinski definition) is 6. The van der Waals surface area contributed by atoms with Crippen LogP contribution in [0.3, 0.4) is 0 Å². The number of carbonyl (C=O) groups excluding carboxylic acids is 2. The predicted octanol–water partition coefficient (Wildman–Crippen LogP) is 3.19. The van der Waals surface area contributed by atoms with Gasteiger partial charge in [-0.25, -0.2) is 4.79 Å². The van der Waals surface area contributed by atoms with Gasteiger partial charge in [-0.2, -0.15) is 0 Å². The Hall–Kier alpha value is -3.06. The van der Waals surface area contributed by atoms with Gasteiger partial charge in [-0.1, -0.05) is 36.4 Å². The van der Waals surface area contributed by atoms with E-state index < -0.39 is 6.04 Å².